The first-order valence-corrected chi connectivity index (χ1v) is 7.30. The molecule has 2 aromatic carbocycles. The molecule has 23 heavy (non-hydrogen) atoms. The van der Waals surface area contributed by atoms with E-state index in [-0.39, 0.29) is 24.8 Å². The van der Waals surface area contributed by atoms with Crippen molar-refractivity contribution in [2.24, 2.45) is 0 Å². The van der Waals surface area contributed by atoms with Gasteiger partial charge >= 0.3 is 0 Å². The van der Waals surface area contributed by atoms with E-state index in [0.717, 1.165) is 5.56 Å². The van der Waals surface area contributed by atoms with E-state index in [1.807, 2.05) is 12.1 Å². The Bertz CT molecular complexity index is 658. The van der Waals surface area contributed by atoms with Gasteiger partial charge in [0.15, 0.2) is 0 Å². The predicted molar refractivity (Wildman–Crippen MR) is 85.7 cm³/mol. The lowest BCUT2D eigenvalue weighted by atomic mass is 10.0. The van der Waals surface area contributed by atoms with E-state index in [1.165, 1.54) is 17.0 Å². The number of nitrogens with zero attached hydrogens (tertiary/aromatic N) is 1. The van der Waals surface area contributed by atoms with Gasteiger partial charge in [-0.1, -0.05) is 24.3 Å². The highest BCUT2D eigenvalue weighted by atomic mass is 19.1. The molecule has 1 unspecified atom stereocenters. The molecule has 1 atom stereocenters. The molecule has 0 saturated carbocycles. The van der Waals surface area contributed by atoms with Crippen LogP contribution in [0.5, 0.6) is 5.75 Å². The van der Waals surface area contributed by atoms with Gasteiger partial charge in [-0.15, -0.1) is 0 Å². The molecule has 2 aromatic rings. The summed E-state index contributed by atoms with van der Waals surface area (Å²) in [4.78, 5) is 13.9. The van der Waals surface area contributed by atoms with Gasteiger partial charge < -0.3 is 14.7 Å². The first kappa shape index (κ1) is 17.0. The van der Waals surface area contributed by atoms with Crippen molar-refractivity contribution in [3.05, 3.63) is 65.5 Å². The van der Waals surface area contributed by atoms with Gasteiger partial charge in [0, 0.05) is 7.05 Å². The lowest BCUT2D eigenvalue weighted by molar-refractivity contribution is -0.132. The average molecular weight is 317 g/mol. The van der Waals surface area contributed by atoms with Crippen LogP contribution in [0.3, 0.4) is 0 Å². The van der Waals surface area contributed by atoms with Crippen LogP contribution in [0.25, 0.3) is 0 Å². The summed E-state index contributed by atoms with van der Waals surface area (Å²) in [5, 5.41) is 9.65. The highest BCUT2D eigenvalue weighted by molar-refractivity contribution is 5.79. The van der Waals surface area contributed by atoms with E-state index >= 15 is 0 Å². The molecule has 1 amide bonds. The number of likely N-dealkylation sites (N-methyl/N-ethyl adjacent to an activating group) is 1. The highest BCUT2D eigenvalue weighted by Crippen LogP contribution is 2.22. The Morgan fingerprint density at radius 2 is 1.96 bits per heavy atom. The molecule has 0 aliphatic heterocycles. The van der Waals surface area contributed by atoms with Crippen molar-refractivity contribution in [3.8, 4) is 5.75 Å². The Hall–Kier alpha value is -2.40. The fraction of sp³-hybridized carbons (Fsp3) is 0.278. The second kappa shape index (κ2) is 7.74. The van der Waals surface area contributed by atoms with Crippen molar-refractivity contribution in [3.63, 3.8) is 0 Å². The molecule has 0 aliphatic carbocycles. The smallest absolute Gasteiger partial charge is 0.227 e. The molecule has 0 aromatic heterocycles. The lowest BCUT2D eigenvalue weighted by Crippen LogP contribution is -2.34. The average Bonchev–Trinajstić information content (AvgIpc) is 2.56. The zero-order chi connectivity index (χ0) is 16.8. The van der Waals surface area contributed by atoms with Crippen LogP contribution in [0.1, 0.15) is 17.2 Å². The summed E-state index contributed by atoms with van der Waals surface area (Å²) in [6, 6.07) is 12.7. The number of hydrogen-bond acceptors (Lipinski definition) is 3. The van der Waals surface area contributed by atoms with Gasteiger partial charge in [-0.05, 0) is 35.4 Å². The Labute approximate surface area is 135 Å². The molecule has 122 valence electrons. The summed E-state index contributed by atoms with van der Waals surface area (Å²) < 4.78 is 18.3. The number of amides is 1. The quantitative estimate of drug-likeness (QED) is 0.891. The van der Waals surface area contributed by atoms with Crippen LogP contribution in [0.2, 0.25) is 0 Å². The molecule has 1 N–H and O–H groups in total. The Kier molecular flexibility index (Phi) is 5.71. The number of carbonyl (C=O) groups excluding carboxylic acids is 1. The van der Waals surface area contributed by atoms with E-state index < -0.39 is 6.04 Å². The number of ether oxygens (including phenoxy) is 1. The van der Waals surface area contributed by atoms with Gasteiger partial charge in [0.2, 0.25) is 5.91 Å². The Balaban J connectivity index is 2.11. The minimum atomic E-state index is -0.457. The standard InChI is InChI=1S/C18H20FNO3/c1-20(18(22)11-13-4-3-5-15(19)10-13)17(12-21)14-6-8-16(23-2)9-7-14/h3-10,17,21H,11-12H2,1-2H3. The largest absolute Gasteiger partial charge is 0.497 e. The van der Waals surface area contributed by atoms with E-state index in [1.54, 1.807) is 38.4 Å². The van der Waals surface area contributed by atoms with E-state index in [9.17, 15) is 14.3 Å². The monoisotopic (exact) mass is 317 g/mol. The minimum absolute atomic E-state index is 0.0842. The predicted octanol–water partition coefficient (Wildman–Crippen LogP) is 2.57. The number of benzene rings is 2. The third kappa shape index (κ3) is 4.29. The van der Waals surface area contributed by atoms with Crippen LogP contribution in [0.4, 0.5) is 4.39 Å². The zero-order valence-corrected chi connectivity index (χ0v) is 13.2. The van der Waals surface area contributed by atoms with Crippen LogP contribution in [0, 0.1) is 5.82 Å². The molecule has 0 aliphatic rings. The fourth-order valence-electron chi connectivity index (χ4n) is 2.40. The van der Waals surface area contributed by atoms with Crippen molar-refractivity contribution in [2.75, 3.05) is 20.8 Å². The van der Waals surface area contributed by atoms with Gasteiger partial charge in [-0.2, -0.15) is 0 Å². The Morgan fingerprint density at radius 3 is 2.52 bits per heavy atom. The summed E-state index contributed by atoms with van der Waals surface area (Å²) >= 11 is 0. The van der Waals surface area contributed by atoms with Crippen molar-refractivity contribution >= 4 is 5.91 Å². The van der Waals surface area contributed by atoms with Crippen molar-refractivity contribution in [2.45, 2.75) is 12.5 Å². The summed E-state index contributed by atoms with van der Waals surface area (Å²) in [7, 11) is 3.21. The lowest BCUT2D eigenvalue weighted by Gasteiger charge is -2.27. The third-order valence-electron chi connectivity index (χ3n) is 3.78. The van der Waals surface area contributed by atoms with Crippen molar-refractivity contribution in [1.82, 2.24) is 4.90 Å². The number of aliphatic hydroxyl groups excluding tert-OH is 1. The molecule has 0 fully saturated rings. The van der Waals surface area contributed by atoms with Crippen molar-refractivity contribution < 1.29 is 19.0 Å². The summed E-state index contributed by atoms with van der Waals surface area (Å²) in [6.45, 7) is -0.197. The first-order chi connectivity index (χ1) is 11.0. The first-order valence-electron chi connectivity index (χ1n) is 7.30. The normalized spacial score (nSPS) is 11.8. The highest BCUT2D eigenvalue weighted by Gasteiger charge is 2.21. The van der Waals surface area contributed by atoms with Crippen LogP contribution >= 0.6 is 0 Å². The molecule has 0 spiro atoms. The maximum absolute atomic E-state index is 13.2. The third-order valence-corrected chi connectivity index (χ3v) is 3.78. The molecular weight excluding hydrogens is 297 g/mol. The van der Waals surface area contributed by atoms with Crippen molar-refractivity contribution in [1.29, 1.82) is 0 Å². The van der Waals surface area contributed by atoms with Crippen LogP contribution < -0.4 is 4.74 Å². The second-order valence-corrected chi connectivity index (χ2v) is 5.28. The molecule has 2 rings (SSSR count). The number of carbonyl (C=O) groups is 1. The van der Waals surface area contributed by atoms with E-state index in [0.29, 0.717) is 11.3 Å². The summed E-state index contributed by atoms with van der Waals surface area (Å²) in [5.74, 6) is 0.150. The maximum atomic E-state index is 13.2. The van der Waals surface area contributed by atoms with E-state index in [4.69, 9.17) is 4.74 Å². The molecule has 0 saturated heterocycles. The number of methoxy groups -OCH3 is 1. The molecule has 0 heterocycles. The van der Waals surface area contributed by atoms with E-state index in [2.05, 4.69) is 0 Å². The number of hydrogen-bond donors (Lipinski definition) is 1. The van der Waals surface area contributed by atoms with Gasteiger partial charge in [0.25, 0.3) is 0 Å². The molecule has 4 nitrogen and oxygen atoms in total. The second-order valence-electron chi connectivity index (χ2n) is 5.28. The molecular formula is C18H20FNO3. The Morgan fingerprint density at radius 1 is 1.26 bits per heavy atom. The van der Waals surface area contributed by atoms with Crippen LogP contribution in [-0.2, 0) is 11.2 Å². The topological polar surface area (TPSA) is 49.8 Å². The number of aliphatic hydroxyl groups is 1. The zero-order valence-electron chi connectivity index (χ0n) is 13.2. The SMILES string of the molecule is COc1ccc(C(CO)N(C)C(=O)Cc2cccc(F)c2)cc1. The fourth-order valence-corrected chi connectivity index (χ4v) is 2.40. The van der Waals surface area contributed by atoms with Gasteiger partial charge in [0.1, 0.15) is 11.6 Å². The van der Waals surface area contributed by atoms with Gasteiger partial charge in [-0.25, -0.2) is 4.39 Å². The molecule has 0 bridgehead atoms. The van der Waals surface area contributed by atoms with Crippen LogP contribution in [0.15, 0.2) is 48.5 Å². The number of rotatable bonds is 6. The van der Waals surface area contributed by atoms with Gasteiger partial charge in [0.05, 0.1) is 26.2 Å². The minimum Gasteiger partial charge on any atom is -0.497 e. The summed E-state index contributed by atoms with van der Waals surface area (Å²) in [5.41, 5.74) is 1.41. The van der Waals surface area contributed by atoms with Gasteiger partial charge in [-0.3, -0.25) is 4.79 Å². The number of halogens is 1. The molecule has 0 radical (unpaired) electrons. The maximum Gasteiger partial charge on any atom is 0.227 e. The molecule has 5 heteroatoms. The van der Waals surface area contributed by atoms with Crippen LogP contribution in [-0.4, -0.2) is 36.7 Å². The summed E-state index contributed by atoms with van der Waals surface area (Å²) in [6.07, 6.45) is 0.0842.